The van der Waals surface area contributed by atoms with Gasteiger partial charge in [-0.1, -0.05) is 27.7 Å². The first-order chi connectivity index (χ1) is 9.81. The van der Waals surface area contributed by atoms with E-state index in [0.29, 0.717) is 12.5 Å². The van der Waals surface area contributed by atoms with Crippen molar-refractivity contribution in [2.45, 2.75) is 65.1 Å². The second-order valence-electron chi connectivity index (χ2n) is 6.20. The average molecular weight is 300 g/mol. The van der Waals surface area contributed by atoms with Crippen LogP contribution in [-0.2, 0) is 4.79 Å². The molecule has 1 fully saturated rings. The fourth-order valence-electron chi connectivity index (χ4n) is 2.93. The third-order valence-corrected chi connectivity index (χ3v) is 4.00. The Balaban J connectivity index is 2.95. The molecule has 1 aliphatic rings. The molecule has 0 aliphatic carbocycles. The molecule has 2 atom stereocenters. The number of carbonyl (C=O) groups is 2. The van der Waals surface area contributed by atoms with Crippen molar-refractivity contribution < 1.29 is 19.8 Å². The number of carbonyl (C=O) groups excluding carboxylic acids is 1. The summed E-state index contributed by atoms with van der Waals surface area (Å²) in [4.78, 5) is 27.2. The van der Waals surface area contributed by atoms with Crippen LogP contribution >= 0.6 is 0 Å². The molecular formula is C15H28N2O4. The number of aliphatic hydroxyl groups excluding tert-OH is 1. The van der Waals surface area contributed by atoms with Crippen molar-refractivity contribution in [3.8, 4) is 0 Å². The highest BCUT2D eigenvalue weighted by Gasteiger charge is 2.41. The van der Waals surface area contributed by atoms with Crippen LogP contribution in [0, 0.1) is 5.92 Å². The summed E-state index contributed by atoms with van der Waals surface area (Å²) in [6.45, 7) is 8.84. The van der Waals surface area contributed by atoms with E-state index in [-0.39, 0.29) is 25.0 Å². The number of carboxylic acids is 1. The maximum absolute atomic E-state index is 12.8. The fourth-order valence-corrected chi connectivity index (χ4v) is 2.93. The van der Waals surface area contributed by atoms with Gasteiger partial charge in [-0.15, -0.1) is 0 Å². The maximum atomic E-state index is 12.8. The molecular weight excluding hydrogens is 272 g/mol. The molecule has 0 aromatic rings. The Morgan fingerprint density at radius 2 is 1.86 bits per heavy atom. The SMILES string of the molecule is CCC(CC)N(CC(C)C)C(=O)N1CC(O)C[C@H]1C(=O)O. The molecule has 0 aromatic heterocycles. The number of aliphatic hydroxyl groups is 1. The van der Waals surface area contributed by atoms with Crippen LogP contribution in [0.1, 0.15) is 47.0 Å². The summed E-state index contributed by atoms with van der Waals surface area (Å²) in [7, 11) is 0. The normalized spacial score (nSPS) is 22.1. The highest BCUT2D eigenvalue weighted by Crippen LogP contribution is 2.23. The Labute approximate surface area is 126 Å². The summed E-state index contributed by atoms with van der Waals surface area (Å²) in [6.07, 6.45) is 1.03. The number of β-amino-alcohol motifs (C(OH)–C–C–N with tert-alkyl or cyclic N) is 1. The number of rotatable bonds is 6. The highest BCUT2D eigenvalue weighted by atomic mass is 16.4. The van der Waals surface area contributed by atoms with Gasteiger partial charge in [0.05, 0.1) is 6.10 Å². The Morgan fingerprint density at radius 1 is 1.29 bits per heavy atom. The van der Waals surface area contributed by atoms with Crippen molar-refractivity contribution in [3.63, 3.8) is 0 Å². The van der Waals surface area contributed by atoms with E-state index >= 15 is 0 Å². The van der Waals surface area contributed by atoms with Gasteiger partial charge in [0.25, 0.3) is 0 Å². The molecule has 6 heteroatoms. The van der Waals surface area contributed by atoms with E-state index in [2.05, 4.69) is 0 Å². The first-order valence-electron chi connectivity index (χ1n) is 7.79. The summed E-state index contributed by atoms with van der Waals surface area (Å²) in [5.41, 5.74) is 0. The van der Waals surface area contributed by atoms with Crippen LogP contribution in [0.3, 0.4) is 0 Å². The molecule has 0 spiro atoms. The van der Waals surface area contributed by atoms with Gasteiger partial charge < -0.3 is 20.0 Å². The fraction of sp³-hybridized carbons (Fsp3) is 0.867. The average Bonchev–Trinajstić information content (AvgIpc) is 2.80. The number of likely N-dealkylation sites (tertiary alicyclic amines) is 1. The van der Waals surface area contributed by atoms with E-state index in [1.807, 2.05) is 27.7 Å². The van der Waals surface area contributed by atoms with E-state index < -0.39 is 18.1 Å². The first-order valence-corrected chi connectivity index (χ1v) is 7.79. The topological polar surface area (TPSA) is 81.1 Å². The van der Waals surface area contributed by atoms with Gasteiger partial charge >= 0.3 is 12.0 Å². The van der Waals surface area contributed by atoms with Gasteiger partial charge in [0.1, 0.15) is 6.04 Å². The molecule has 21 heavy (non-hydrogen) atoms. The molecule has 1 rings (SSSR count). The number of carboxylic acid groups (broad SMARTS) is 1. The summed E-state index contributed by atoms with van der Waals surface area (Å²) >= 11 is 0. The Hall–Kier alpha value is -1.30. The molecule has 2 N–H and O–H groups in total. The van der Waals surface area contributed by atoms with Crippen molar-refractivity contribution in [2.75, 3.05) is 13.1 Å². The van der Waals surface area contributed by atoms with Crippen LogP contribution in [0.4, 0.5) is 4.79 Å². The Bertz CT molecular complexity index is 369. The number of amides is 2. The lowest BCUT2D eigenvalue weighted by Crippen LogP contribution is -2.52. The van der Waals surface area contributed by atoms with Crippen LogP contribution in [0.15, 0.2) is 0 Å². The predicted molar refractivity (Wildman–Crippen MR) is 80.1 cm³/mol. The quantitative estimate of drug-likeness (QED) is 0.783. The zero-order valence-electron chi connectivity index (χ0n) is 13.5. The maximum Gasteiger partial charge on any atom is 0.326 e. The van der Waals surface area contributed by atoms with Crippen molar-refractivity contribution in [1.82, 2.24) is 9.80 Å². The van der Waals surface area contributed by atoms with Gasteiger partial charge in [-0.3, -0.25) is 0 Å². The summed E-state index contributed by atoms with van der Waals surface area (Å²) in [5.74, 6) is -0.737. The summed E-state index contributed by atoms with van der Waals surface area (Å²) < 4.78 is 0. The number of nitrogens with zero attached hydrogens (tertiary/aromatic N) is 2. The lowest BCUT2D eigenvalue weighted by Gasteiger charge is -2.36. The highest BCUT2D eigenvalue weighted by molar-refractivity contribution is 5.83. The standard InChI is InChI=1S/C15H28N2O4/c1-5-11(6-2)16(8-10(3)4)15(21)17-9-12(18)7-13(17)14(19)20/h10-13,18H,5-9H2,1-4H3,(H,19,20)/t12?,13-/m0/s1. The van der Waals surface area contributed by atoms with Crippen LogP contribution < -0.4 is 0 Å². The zero-order chi connectivity index (χ0) is 16.2. The minimum atomic E-state index is -1.05. The third kappa shape index (κ3) is 4.33. The van der Waals surface area contributed by atoms with Crippen LogP contribution in [0.25, 0.3) is 0 Å². The Morgan fingerprint density at radius 3 is 2.29 bits per heavy atom. The monoisotopic (exact) mass is 300 g/mol. The largest absolute Gasteiger partial charge is 0.480 e. The summed E-state index contributed by atoms with van der Waals surface area (Å²) in [6, 6.07) is -1.08. The minimum Gasteiger partial charge on any atom is -0.480 e. The van der Waals surface area contributed by atoms with Crippen LogP contribution in [0.5, 0.6) is 0 Å². The van der Waals surface area contributed by atoms with E-state index in [1.165, 1.54) is 4.90 Å². The van der Waals surface area contributed by atoms with Gasteiger partial charge in [-0.05, 0) is 18.8 Å². The lowest BCUT2D eigenvalue weighted by atomic mass is 10.1. The molecule has 2 amide bonds. The summed E-state index contributed by atoms with van der Waals surface area (Å²) in [5, 5.41) is 19.0. The van der Waals surface area contributed by atoms with E-state index in [9.17, 15) is 19.8 Å². The van der Waals surface area contributed by atoms with Crippen LogP contribution in [0.2, 0.25) is 0 Å². The molecule has 6 nitrogen and oxygen atoms in total. The van der Waals surface area contributed by atoms with Gasteiger partial charge in [-0.2, -0.15) is 0 Å². The van der Waals surface area contributed by atoms with Crippen molar-refractivity contribution in [2.24, 2.45) is 5.92 Å². The Kier molecular flexibility index (Phi) is 6.45. The molecule has 0 saturated carbocycles. The molecule has 0 bridgehead atoms. The molecule has 122 valence electrons. The van der Waals surface area contributed by atoms with Crippen LogP contribution in [-0.4, -0.2) is 63.3 Å². The number of hydrogen-bond donors (Lipinski definition) is 2. The third-order valence-electron chi connectivity index (χ3n) is 4.00. The minimum absolute atomic E-state index is 0.102. The number of hydrogen-bond acceptors (Lipinski definition) is 3. The molecule has 1 heterocycles. The number of aliphatic carboxylic acids is 1. The molecule has 1 unspecified atom stereocenters. The lowest BCUT2D eigenvalue weighted by molar-refractivity contribution is -0.141. The van der Waals surface area contributed by atoms with E-state index in [0.717, 1.165) is 12.8 Å². The number of urea groups is 1. The van der Waals surface area contributed by atoms with Gasteiger partial charge in [0, 0.05) is 25.6 Å². The van der Waals surface area contributed by atoms with E-state index in [1.54, 1.807) is 4.90 Å². The molecule has 1 aliphatic heterocycles. The van der Waals surface area contributed by atoms with Crippen molar-refractivity contribution in [3.05, 3.63) is 0 Å². The van der Waals surface area contributed by atoms with Crippen molar-refractivity contribution >= 4 is 12.0 Å². The second-order valence-corrected chi connectivity index (χ2v) is 6.20. The van der Waals surface area contributed by atoms with Gasteiger partial charge in [0.2, 0.25) is 0 Å². The zero-order valence-corrected chi connectivity index (χ0v) is 13.5. The van der Waals surface area contributed by atoms with E-state index in [4.69, 9.17) is 0 Å². The smallest absolute Gasteiger partial charge is 0.326 e. The molecule has 0 radical (unpaired) electrons. The molecule has 0 aromatic carbocycles. The van der Waals surface area contributed by atoms with Crippen molar-refractivity contribution in [1.29, 1.82) is 0 Å². The van der Waals surface area contributed by atoms with Gasteiger partial charge in [0.15, 0.2) is 0 Å². The first kappa shape index (κ1) is 17.8. The second kappa shape index (κ2) is 7.64. The molecule has 1 saturated heterocycles. The van der Waals surface area contributed by atoms with Gasteiger partial charge in [-0.25, -0.2) is 9.59 Å². The predicted octanol–water partition coefficient (Wildman–Crippen LogP) is 1.77.